The third kappa shape index (κ3) is 7.36. The smallest absolute Gasteiger partial charge is 0.221 e. The monoisotopic (exact) mass is 324 g/mol. The second kappa shape index (κ2) is 9.94. The molecule has 1 saturated carbocycles. The van der Waals surface area contributed by atoms with Crippen LogP contribution in [0.1, 0.15) is 78.6 Å². The normalized spacial score (nSPS) is 26.2. The first-order valence-corrected chi connectivity index (χ1v) is 9.39. The zero-order valence-corrected chi connectivity index (χ0v) is 15.2. The second-order valence-corrected chi connectivity index (χ2v) is 8.06. The molecule has 134 valence electrons. The van der Waals surface area contributed by atoms with Crippen LogP contribution in [0.4, 0.5) is 0 Å². The number of nitrogens with two attached hydrogens (primary N) is 2. The number of hydrogen-bond acceptors (Lipinski definition) is 2. The zero-order valence-electron chi connectivity index (χ0n) is 15.2. The summed E-state index contributed by atoms with van der Waals surface area (Å²) in [5.41, 5.74) is 10.9. The molecule has 1 aliphatic carbocycles. The number of hydrogen-bond donors (Lipinski definition) is 2. The highest BCUT2D eigenvalue weighted by molar-refractivity contribution is 5.86. The largest absolute Gasteiger partial charge is 0.369 e. The van der Waals surface area contributed by atoms with Gasteiger partial charge in [-0.2, -0.15) is 0 Å². The van der Waals surface area contributed by atoms with Gasteiger partial charge in [0, 0.05) is 11.8 Å². The minimum absolute atomic E-state index is 0.348. The summed E-state index contributed by atoms with van der Waals surface area (Å²) in [5, 5.41) is 0. The van der Waals surface area contributed by atoms with Crippen LogP contribution in [-0.2, 0) is 9.59 Å². The number of rotatable bonds is 10. The van der Waals surface area contributed by atoms with Crippen LogP contribution in [0, 0.1) is 29.6 Å². The highest BCUT2D eigenvalue weighted by Crippen LogP contribution is 2.36. The molecule has 4 atom stereocenters. The Labute approximate surface area is 141 Å². The lowest BCUT2D eigenvalue weighted by molar-refractivity contribution is -0.133. The van der Waals surface area contributed by atoms with Gasteiger partial charge in [-0.1, -0.05) is 59.3 Å². The van der Waals surface area contributed by atoms with Crippen molar-refractivity contribution in [2.24, 2.45) is 41.1 Å². The quantitative estimate of drug-likeness (QED) is 0.643. The van der Waals surface area contributed by atoms with Gasteiger partial charge in [-0.3, -0.25) is 9.59 Å². The Balaban J connectivity index is 2.28. The predicted octanol–water partition coefficient (Wildman–Crippen LogP) is 3.62. The zero-order chi connectivity index (χ0) is 17.4. The third-order valence-corrected chi connectivity index (χ3v) is 5.48. The number of carbonyl (C=O) groups is 2. The molecular formula is C19H36N2O2. The molecule has 0 saturated heterocycles. The van der Waals surface area contributed by atoms with Crippen molar-refractivity contribution in [2.75, 3.05) is 0 Å². The molecule has 1 rings (SSSR count). The van der Waals surface area contributed by atoms with Crippen molar-refractivity contribution in [1.29, 1.82) is 0 Å². The summed E-state index contributed by atoms with van der Waals surface area (Å²) in [7, 11) is 0. The van der Waals surface area contributed by atoms with E-state index < -0.39 is 0 Å². The van der Waals surface area contributed by atoms with Crippen molar-refractivity contribution in [1.82, 2.24) is 0 Å². The Hall–Kier alpha value is -1.06. The molecule has 0 aromatic heterocycles. The molecule has 0 radical (unpaired) electrons. The fraction of sp³-hybridized carbons (Fsp3) is 0.895. The number of primary amides is 2. The maximum absolute atomic E-state index is 11.6. The minimum Gasteiger partial charge on any atom is -0.369 e. The third-order valence-electron chi connectivity index (χ3n) is 5.48. The lowest BCUT2D eigenvalue weighted by atomic mass is 9.72. The fourth-order valence-electron chi connectivity index (χ4n) is 3.95. The van der Waals surface area contributed by atoms with Gasteiger partial charge in [0.1, 0.15) is 0 Å². The minimum atomic E-state index is -0.369. The number of carbonyl (C=O) groups excluding carboxylic acids is 2. The second-order valence-electron chi connectivity index (χ2n) is 8.06. The maximum Gasteiger partial charge on any atom is 0.221 e. The van der Waals surface area contributed by atoms with E-state index in [9.17, 15) is 9.59 Å². The molecule has 0 spiro atoms. The Kier molecular flexibility index (Phi) is 8.64. The summed E-state index contributed by atoms with van der Waals surface area (Å²) in [5.74, 6) is 0.669. The molecule has 0 aromatic rings. The molecule has 1 aliphatic rings. The van der Waals surface area contributed by atoms with Gasteiger partial charge >= 0.3 is 0 Å². The van der Waals surface area contributed by atoms with E-state index in [4.69, 9.17) is 11.5 Å². The molecule has 0 bridgehead atoms. The molecule has 1 fully saturated rings. The van der Waals surface area contributed by atoms with Crippen LogP contribution in [0.15, 0.2) is 0 Å². The van der Waals surface area contributed by atoms with Crippen molar-refractivity contribution in [3.8, 4) is 0 Å². The molecular weight excluding hydrogens is 288 g/mol. The van der Waals surface area contributed by atoms with Gasteiger partial charge in [-0.15, -0.1) is 0 Å². The van der Waals surface area contributed by atoms with E-state index in [1.165, 1.54) is 32.1 Å². The maximum atomic E-state index is 11.6. The van der Waals surface area contributed by atoms with E-state index in [1.54, 1.807) is 0 Å². The summed E-state index contributed by atoms with van der Waals surface area (Å²) < 4.78 is 0. The van der Waals surface area contributed by atoms with Crippen LogP contribution >= 0.6 is 0 Å². The van der Waals surface area contributed by atoms with Crippen molar-refractivity contribution in [3.63, 3.8) is 0 Å². The van der Waals surface area contributed by atoms with Crippen LogP contribution in [0.2, 0.25) is 0 Å². The topological polar surface area (TPSA) is 86.2 Å². The van der Waals surface area contributed by atoms with Crippen LogP contribution in [0.3, 0.4) is 0 Å². The molecule has 23 heavy (non-hydrogen) atoms. The van der Waals surface area contributed by atoms with Crippen molar-refractivity contribution < 1.29 is 9.59 Å². The molecule has 4 unspecified atom stereocenters. The van der Waals surface area contributed by atoms with Crippen LogP contribution in [0.5, 0.6) is 0 Å². The summed E-state index contributed by atoms with van der Waals surface area (Å²) in [6.45, 7) is 6.90. The standard InChI is InChI=1S/C19H36N2O2/c1-13(2)6-4-7-14(3)8-5-9-15-10-11-16(18(20)22)17(12-15)19(21)23/h13-17H,4-12H2,1-3H3,(H2,20,22)(H2,21,23). The van der Waals surface area contributed by atoms with Gasteiger partial charge in [-0.25, -0.2) is 0 Å². The van der Waals surface area contributed by atoms with Crippen molar-refractivity contribution in [3.05, 3.63) is 0 Å². The lowest BCUT2D eigenvalue weighted by Crippen LogP contribution is -2.41. The number of amides is 2. The van der Waals surface area contributed by atoms with E-state index in [2.05, 4.69) is 20.8 Å². The van der Waals surface area contributed by atoms with E-state index in [0.29, 0.717) is 5.92 Å². The van der Waals surface area contributed by atoms with E-state index >= 15 is 0 Å². The fourth-order valence-corrected chi connectivity index (χ4v) is 3.95. The van der Waals surface area contributed by atoms with Gasteiger partial charge in [0.2, 0.25) is 11.8 Å². The average Bonchev–Trinajstić information content (AvgIpc) is 2.46. The SMILES string of the molecule is CC(C)CCCC(C)CCCC1CCC(C(N)=O)C(C(N)=O)C1. The van der Waals surface area contributed by atoms with Gasteiger partial charge in [0.05, 0.1) is 0 Å². The Bertz CT molecular complexity index is 382. The summed E-state index contributed by atoms with van der Waals surface area (Å²) in [4.78, 5) is 23.0. The molecule has 0 aromatic carbocycles. The van der Waals surface area contributed by atoms with E-state index in [0.717, 1.165) is 37.5 Å². The molecule has 0 aliphatic heterocycles. The molecule has 2 amide bonds. The summed E-state index contributed by atoms with van der Waals surface area (Å²) in [6, 6.07) is 0. The van der Waals surface area contributed by atoms with Gasteiger partial charge in [0.15, 0.2) is 0 Å². The summed E-state index contributed by atoms with van der Waals surface area (Å²) >= 11 is 0. The van der Waals surface area contributed by atoms with E-state index in [1.807, 2.05) is 0 Å². The Morgan fingerprint density at radius 1 is 0.913 bits per heavy atom. The highest BCUT2D eigenvalue weighted by atomic mass is 16.2. The van der Waals surface area contributed by atoms with Crippen LogP contribution in [0.25, 0.3) is 0 Å². The van der Waals surface area contributed by atoms with Gasteiger partial charge in [-0.05, 0) is 37.0 Å². The first-order valence-electron chi connectivity index (χ1n) is 9.39. The van der Waals surface area contributed by atoms with Gasteiger partial charge < -0.3 is 11.5 Å². The van der Waals surface area contributed by atoms with E-state index in [-0.39, 0.29) is 23.7 Å². The Morgan fingerprint density at radius 3 is 2.09 bits per heavy atom. The molecule has 4 heteroatoms. The molecule has 4 nitrogen and oxygen atoms in total. The lowest BCUT2D eigenvalue weighted by Gasteiger charge is -2.32. The highest BCUT2D eigenvalue weighted by Gasteiger charge is 2.36. The molecule has 4 N–H and O–H groups in total. The first kappa shape index (κ1) is 20.0. The average molecular weight is 325 g/mol. The summed E-state index contributed by atoms with van der Waals surface area (Å²) in [6.07, 6.45) is 10.0. The van der Waals surface area contributed by atoms with Crippen LogP contribution in [-0.4, -0.2) is 11.8 Å². The van der Waals surface area contributed by atoms with Crippen LogP contribution < -0.4 is 11.5 Å². The van der Waals surface area contributed by atoms with Gasteiger partial charge in [0.25, 0.3) is 0 Å². The first-order chi connectivity index (χ1) is 10.8. The van der Waals surface area contributed by atoms with Crippen molar-refractivity contribution >= 4 is 11.8 Å². The Morgan fingerprint density at radius 2 is 1.52 bits per heavy atom. The predicted molar refractivity (Wildman–Crippen MR) is 94.4 cm³/mol. The van der Waals surface area contributed by atoms with Crippen molar-refractivity contribution in [2.45, 2.75) is 78.6 Å². The molecule has 0 heterocycles.